The Balaban J connectivity index is 0.000000113. The molecule has 1 saturated heterocycles. The van der Waals surface area contributed by atoms with Gasteiger partial charge in [-0.3, -0.25) is 9.13 Å². The van der Waals surface area contributed by atoms with Gasteiger partial charge < -0.3 is 18.4 Å². The highest BCUT2D eigenvalue weighted by molar-refractivity contribution is 9.10. The topological polar surface area (TPSA) is 89.7 Å². The van der Waals surface area contributed by atoms with Crippen molar-refractivity contribution in [2.75, 3.05) is 0 Å². The van der Waals surface area contributed by atoms with Crippen molar-refractivity contribution in [2.45, 2.75) is 90.3 Å². The molecule has 14 aromatic carbocycles. The number of hydrogen-bond acceptors (Lipinski definition) is 6. The van der Waals surface area contributed by atoms with Gasteiger partial charge in [-0.25, -0.2) is 19.9 Å². The van der Waals surface area contributed by atoms with Crippen LogP contribution in [-0.4, -0.2) is 56.5 Å². The van der Waals surface area contributed by atoms with Gasteiger partial charge in [0.25, 0.3) is 0 Å². The number of para-hydroxylation sites is 2. The molecule has 5 aliphatic rings. The van der Waals surface area contributed by atoms with Crippen molar-refractivity contribution in [1.29, 1.82) is 0 Å². The second-order valence-corrected chi connectivity index (χ2v) is 34.3. The van der Waals surface area contributed by atoms with Crippen LogP contribution in [0, 0.1) is 0 Å². The molecule has 4 aliphatic carbocycles. The first-order chi connectivity index (χ1) is 57.8. The van der Waals surface area contributed by atoms with E-state index in [-0.39, 0.29) is 0 Å². The van der Waals surface area contributed by atoms with E-state index in [1.165, 1.54) is 146 Å². The number of aromatic nitrogens is 8. The fourth-order valence-electron chi connectivity index (χ4n) is 18.6. The van der Waals surface area contributed by atoms with Crippen LogP contribution in [0.4, 0.5) is 0 Å². The molecular formula is C106H80BBrN8O2. The third kappa shape index (κ3) is 11.7. The van der Waals surface area contributed by atoms with Crippen molar-refractivity contribution in [3.63, 3.8) is 0 Å². The molecule has 0 atom stereocenters. The van der Waals surface area contributed by atoms with E-state index in [0.717, 1.165) is 115 Å². The summed E-state index contributed by atoms with van der Waals surface area (Å²) in [6.07, 6.45) is 9.22. The van der Waals surface area contributed by atoms with Crippen LogP contribution < -0.4 is 5.46 Å². The molecule has 0 spiro atoms. The second kappa shape index (κ2) is 27.5. The van der Waals surface area contributed by atoms with Crippen LogP contribution in [0.1, 0.15) is 72.2 Å². The fourth-order valence-corrected chi connectivity index (χ4v) is 18.9. The molecule has 6 aromatic heterocycles. The molecule has 20 aromatic rings. The number of benzene rings is 14. The van der Waals surface area contributed by atoms with Crippen molar-refractivity contribution in [3.8, 4) is 79.4 Å². The van der Waals surface area contributed by atoms with Crippen LogP contribution in [0.15, 0.2) is 320 Å². The Hall–Kier alpha value is -13.1. The number of rotatable bonds is 10. The van der Waals surface area contributed by atoms with E-state index in [4.69, 9.17) is 29.2 Å². The minimum atomic E-state index is -0.424. The first-order valence-electron chi connectivity index (χ1n) is 41.3. The van der Waals surface area contributed by atoms with Crippen molar-refractivity contribution >= 4 is 116 Å². The van der Waals surface area contributed by atoms with Crippen LogP contribution in [0.5, 0.6) is 0 Å². The maximum absolute atomic E-state index is 6.43. The Morgan fingerprint density at radius 3 is 0.864 bits per heavy atom. The minimum absolute atomic E-state index is 0.400. The zero-order valence-electron chi connectivity index (χ0n) is 66.0. The van der Waals surface area contributed by atoms with Gasteiger partial charge in [-0.1, -0.05) is 198 Å². The largest absolute Gasteiger partial charge is 0.494 e. The summed E-state index contributed by atoms with van der Waals surface area (Å²) in [5, 5.41) is 10.1. The molecule has 118 heavy (non-hydrogen) atoms. The van der Waals surface area contributed by atoms with E-state index in [2.05, 4.69) is 365 Å². The van der Waals surface area contributed by atoms with Crippen molar-refractivity contribution < 1.29 is 9.31 Å². The average molecular weight is 1590 g/mol. The molecule has 1 aliphatic heterocycles. The summed E-state index contributed by atoms with van der Waals surface area (Å²) in [7, 11) is -0.424. The lowest BCUT2D eigenvalue weighted by Crippen LogP contribution is -2.41. The summed E-state index contributed by atoms with van der Waals surface area (Å²) in [5.74, 6) is 1.35. The number of halogens is 1. The first-order valence-corrected chi connectivity index (χ1v) is 42.1. The van der Waals surface area contributed by atoms with Gasteiger partial charge in [0.05, 0.1) is 78.1 Å². The smallest absolute Gasteiger partial charge is 0.399 e. The molecule has 0 saturated carbocycles. The van der Waals surface area contributed by atoms with Crippen LogP contribution in [0.3, 0.4) is 0 Å². The average Bonchev–Trinajstić information content (AvgIpc) is 1.58. The zero-order chi connectivity index (χ0) is 78.6. The SMILES string of the molecule is Brc1ccc2c(c1)c1cc3c(cc1n2-c1ccccc1)CC3.CC1(C)OB(c2ccc3c(c2)c2cc4c(cc2n3-c2nc(-c3ccccc3)cc(-c3ccccc3)n2)CC4)OC1(C)C.c1ccc(-c2cc(-c3ccccc3)nc(-n3c4ccc(-c5ccc6c(c5)c5cc7c(cc5n6-c5ccccc5)CC7)cc4c4cc5c(cc43)CC5)n2)cc1. The van der Waals surface area contributed by atoms with E-state index in [1.807, 2.05) is 12.1 Å². The van der Waals surface area contributed by atoms with Crippen LogP contribution in [0.2, 0.25) is 0 Å². The molecule has 0 radical (unpaired) electrons. The van der Waals surface area contributed by atoms with Gasteiger partial charge in [0.2, 0.25) is 11.9 Å². The number of fused-ring (bicyclic) bond motifs is 16. The van der Waals surface area contributed by atoms with Crippen molar-refractivity contribution in [2.24, 2.45) is 0 Å². The summed E-state index contributed by atoms with van der Waals surface area (Å²) in [4.78, 5) is 20.9. The fraction of sp³-hybridized carbons (Fsp3) is 0.132. The minimum Gasteiger partial charge on any atom is -0.399 e. The van der Waals surface area contributed by atoms with E-state index in [0.29, 0.717) is 11.9 Å². The summed E-state index contributed by atoms with van der Waals surface area (Å²) in [5.41, 5.74) is 34.2. The molecular weight excluding hydrogens is 1510 g/mol. The Morgan fingerprint density at radius 2 is 0.525 bits per heavy atom. The summed E-state index contributed by atoms with van der Waals surface area (Å²) >= 11 is 3.62. The van der Waals surface area contributed by atoms with Crippen LogP contribution in [0.25, 0.3) is 167 Å². The van der Waals surface area contributed by atoms with Gasteiger partial charge in [-0.2, -0.15) is 0 Å². The maximum Gasteiger partial charge on any atom is 0.494 e. The maximum atomic E-state index is 6.43. The first kappa shape index (κ1) is 70.3. The molecule has 7 heterocycles. The van der Waals surface area contributed by atoms with Gasteiger partial charge in [0.15, 0.2) is 0 Å². The Morgan fingerprint density at radius 1 is 0.254 bits per heavy atom. The van der Waals surface area contributed by atoms with Crippen molar-refractivity contribution in [1.82, 2.24) is 38.2 Å². The van der Waals surface area contributed by atoms with Crippen molar-refractivity contribution in [3.05, 3.63) is 364 Å². The van der Waals surface area contributed by atoms with E-state index >= 15 is 0 Å². The molecule has 10 nitrogen and oxygen atoms in total. The Kier molecular flexibility index (Phi) is 16.4. The number of hydrogen-bond donors (Lipinski definition) is 0. The summed E-state index contributed by atoms with van der Waals surface area (Å²) in [6.45, 7) is 8.38. The van der Waals surface area contributed by atoms with E-state index in [9.17, 15) is 0 Å². The molecule has 0 bridgehead atoms. The molecule has 0 amide bonds. The van der Waals surface area contributed by atoms with Gasteiger partial charge in [-0.15, -0.1) is 0 Å². The highest BCUT2D eigenvalue weighted by Gasteiger charge is 2.52. The van der Waals surface area contributed by atoms with E-state index < -0.39 is 18.3 Å². The molecule has 566 valence electrons. The lowest BCUT2D eigenvalue weighted by molar-refractivity contribution is 0.00578. The number of nitrogens with zero attached hydrogens (tertiary/aromatic N) is 8. The van der Waals surface area contributed by atoms with Crippen LogP contribution in [-0.2, 0) is 60.7 Å². The van der Waals surface area contributed by atoms with Gasteiger partial charge >= 0.3 is 7.12 Å². The molecule has 12 heteroatoms. The quantitative estimate of drug-likeness (QED) is 0.127. The Labute approximate surface area is 692 Å². The van der Waals surface area contributed by atoms with Gasteiger partial charge in [0.1, 0.15) is 0 Å². The highest BCUT2D eigenvalue weighted by atomic mass is 79.9. The lowest BCUT2D eigenvalue weighted by atomic mass is 9.78. The summed E-state index contributed by atoms with van der Waals surface area (Å²) in [6, 6.07) is 113. The van der Waals surface area contributed by atoms with E-state index in [1.54, 1.807) is 0 Å². The predicted octanol–water partition coefficient (Wildman–Crippen LogP) is 24.8. The molecule has 0 N–H and O–H groups in total. The third-order valence-corrected chi connectivity index (χ3v) is 26.5. The predicted molar refractivity (Wildman–Crippen MR) is 488 cm³/mol. The third-order valence-electron chi connectivity index (χ3n) is 26.0. The lowest BCUT2D eigenvalue weighted by Gasteiger charge is -2.32. The molecule has 0 unspecified atom stereocenters. The van der Waals surface area contributed by atoms with Crippen LogP contribution >= 0.6 is 15.9 Å². The second-order valence-electron chi connectivity index (χ2n) is 33.4. The molecule has 1 fully saturated rings. The number of aryl methyl sites for hydroxylation is 8. The standard InChI is InChI=1S/C50H34N4.C36H32BN3O2.C20H14BrN/c1-4-10-31(11-5-1)44-30-45(32-12-6-2-7-13-32)52-50(51-44)54-47-23-21-36(25-41(47)43-27-34-17-19-38(34)29-49(43)54)35-20-22-46-40(24-35)42-26-33-16-18-37(33)28-48(42)53(46)39-14-8-3-9-15-39;1-35(2)36(3,4)42-37(41-35)27-17-18-32-29(21-27)28-19-25-15-16-26(25)20-33(28)40(32)34-38-30(23-11-7-5-8-12-23)22-31(39-34)24-13-9-6-10-14-24;21-15-8-9-19-18(12-15)17-10-13-6-7-14(13)11-20(17)22(19)16-4-2-1-3-5-16/h1-15,20-30H,16-19H2;5-14,17-22H,15-16H2,1-4H3;1-5,8-12H,6-7H2. The molecule has 25 rings (SSSR count). The highest BCUT2D eigenvalue weighted by Crippen LogP contribution is 2.46. The van der Waals surface area contributed by atoms with Gasteiger partial charge in [-0.05, 0) is 274 Å². The van der Waals surface area contributed by atoms with Gasteiger partial charge in [0, 0.05) is 81.2 Å². The Bertz CT molecular complexity index is 7370. The monoisotopic (exact) mass is 1590 g/mol. The zero-order valence-corrected chi connectivity index (χ0v) is 67.6. The normalized spacial score (nSPS) is 14.6. The summed E-state index contributed by atoms with van der Waals surface area (Å²) < 4.78 is 23.3.